The zero-order valence-corrected chi connectivity index (χ0v) is 16.2. The third kappa shape index (κ3) is 4.52. The number of β-amino-alcohol motifs (C(OH)–C–C–N with tert-alkyl or cyclic N) is 1. The van der Waals surface area contributed by atoms with Crippen LogP contribution in [0, 0.1) is 0 Å². The number of hydrogen-bond acceptors (Lipinski definition) is 7. The number of amides is 1. The van der Waals surface area contributed by atoms with Gasteiger partial charge in [0.15, 0.2) is 11.5 Å². The fourth-order valence-corrected chi connectivity index (χ4v) is 3.47. The minimum atomic E-state index is -0.103. The van der Waals surface area contributed by atoms with E-state index in [0.29, 0.717) is 36.5 Å². The predicted molar refractivity (Wildman–Crippen MR) is 109 cm³/mol. The van der Waals surface area contributed by atoms with E-state index in [2.05, 4.69) is 25.3 Å². The zero-order chi connectivity index (χ0) is 20.1. The average Bonchev–Trinajstić information content (AvgIpc) is 3.17. The summed E-state index contributed by atoms with van der Waals surface area (Å²) in [4.78, 5) is 16.6. The highest BCUT2D eigenvalue weighted by Crippen LogP contribution is 2.15. The van der Waals surface area contributed by atoms with Crippen molar-refractivity contribution < 1.29 is 9.90 Å². The molecule has 1 aliphatic heterocycles. The van der Waals surface area contributed by atoms with Crippen LogP contribution in [0.25, 0.3) is 5.65 Å². The number of carbonyl (C=O) groups excluding carboxylic acids is 1. The number of nitrogens with zero attached hydrogens (tertiary/aromatic N) is 6. The Bertz CT molecular complexity index is 952. The smallest absolute Gasteiger partial charge is 0.251 e. The van der Waals surface area contributed by atoms with Gasteiger partial charge < -0.3 is 15.3 Å². The van der Waals surface area contributed by atoms with E-state index >= 15 is 0 Å². The molecule has 0 saturated carbocycles. The number of piperazine rings is 1. The van der Waals surface area contributed by atoms with Crippen LogP contribution in [0.1, 0.15) is 16.2 Å². The zero-order valence-electron chi connectivity index (χ0n) is 16.2. The first-order valence-corrected chi connectivity index (χ1v) is 9.87. The van der Waals surface area contributed by atoms with E-state index in [0.717, 1.165) is 32.0 Å². The summed E-state index contributed by atoms with van der Waals surface area (Å²) >= 11 is 0. The molecular formula is C20H25N7O2. The van der Waals surface area contributed by atoms with Gasteiger partial charge in [-0.1, -0.05) is 18.2 Å². The third-order valence-corrected chi connectivity index (χ3v) is 5.10. The second-order valence-electron chi connectivity index (χ2n) is 7.00. The van der Waals surface area contributed by atoms with Crippen molar-refractivity contribution in [3.05, 3.63) is 53.9 Å². The van der Waals surface area contributed by atoms with E-state index < -0.39 is 0 Å². The van der Waals surface area contributed by atoms with E-state index in [9.17, 15) is 4.79 Å². The first-order valence-electron chi connectivity index (χ1n) is 9.87. The summed E-state index contributed by atoms with van der Waals surface area (Å²) in [6, 6.07) is 13.0. The second kappa shape index (κ2) is 8.97. The van der Waals surface area contributed by atoms with Crippen molar-refractivity contribution in [1.82, 2.24) is 30.0 Å². The van der Waals surface area contributed by atoms with Crippen molar-refractivity contribution in [2.45, 2.75) is 6.42 Å². The van der Waals surface area contributed by atoms with Gasteiger partial charge in [0.1, 0.15) is 5.82 Å². The number of fused-ring (bicyclic) bond motifs is 1. The number of benzene rings is 1. The molecule has 152 valence electrons. The fourth-order valence-electron chi connectivity index (χ4n) is 3.47. The van der Waals surface area contributed by atoms with Gasteiger partial charge in [0, 0.05) is 51.3 Å². The SMILES string of the molecule is O=C(NCCc1nnc2ccc(N3CCN(CCO)CC3)nn12)c1ccccc1. The molecule has 0 radical (unpaired) electrons. The average molecular weight is 395 g/mol. The number of aliphatic hydroxyl groups excluding tert-OH is 1. The van der Waals surface area contributed by atoms with Crippen molar-refractivity contribution in [2.24, 2.45) is 0 Å². The van der Waals surface area contributed by atoms with Crippen molar-refractivity contribution in [3.8, 4) is 0 Å². The fraction of sp³-hybridized carbons (Fsp3) is 0.400. The van der Waals surface area contributed by atoms with Gasteiger partial charge >= 0.3 is 0 Å². The van der Waals surface area contributed by atoms with Crippen LogP contribution in [0.5, 0.6) is 0 Å². The van der Waals surface area contributed by atoms with Crippen molar-refractivity contribution in [1.29, 1.82) is 0 Å². The van der Waals surface area contributed by atoms with Crippen LogP contribution in [0.2, 0.25) is 0 Å². The largest absolute Gasteiger partial charge is 0.395 e. The number of anilines is 1. The van der Waals surface area contributed by atoms with Crippen LogP contribution in [-0.2, 0) is 6.42 Å². The van der Waals surface area contributed by atoms with Crippen LogP contribution in [-0.4, -0.2) is 81.6 Å². The van der Waals surface area contributed by atoms with E-state index in [1.807, 2.05) is 30.3 Å². The monoisotopic (exact) mass is 395 g/mol. The third-order valence-electron chi connectivity index (χ3n) is 5.10. The molecule has 1 fully saturated rings. The number of aliphatic hydroxyl groups is 1. The molecule has 3 heterocycles. The Morgan fingerprint density at radius 2 is 1.83 bits per heavy atom. The van der Waals surface area contributed by atoms with Gasteiger partial charge in [-0.05, 0) is 24.3 Å². The van der Waals surface area contributed by atoms with E-state index in [4.69, 9.17) is 10.2 Å². The van der Waals surface area contributed by atoms with Crippen LogP contribution in [0.4, 0.5) is 5.82 Å². The number of aromatic nitrogens is 4. The second-order valence-corrected chi connectivity index (χ2v) is 7.00. The lowest BCUT2D eigenvalue weighted by Gasteiger charge is -2.34. The van der Waals surface area contributed by atoms with Gasteiger partial charge in [0.2, 0.25) is 0 Å². The lowest BCUT2D eigenvalue weighted by Crippen LogP contribution is -2.47. The Kier molecular flexibility index (Phi) is 5.97. The molecule has 2 N–H and O–H groups in total. The maximum atomic E-state index is 12.2. The molecule has 0 spiro atoms. The molecule has 4 rings (SSSR count). The normalized spacial score (nSPS) is 15.0. The van der Waals surface area contributed by atoms with Crippen molar-refractivity contribution >= 4 is 17.4 Å². The highest BCUT2D eigenvalue weighted by molar-refractivity contribution is 5.94. The molecule has 1 aliphatic rings. The number of carbonyl (C=O) groups is 1. The Morgan fingerprint density at radius 1 is 1.03 bits per heavy atom. The number of nitrogens with one attached hydrogen (secondary N) is 1. The molecule has 0 atom stereocenters. The molecule has 0 bridgehead atoms. The summed E-state index contributed by atoms with van der Waals surface area (Å²) in [5, 5.41) is 25.1. The van der Waals surface area contributed by atoms with Gasteiger partial charge in [-0.2, -0.15) is 4.52 Å². The van der Waals surface area contributed by atoms with Crippen LogP contribution in [0.3, 0.4) is 0 Å². The van der Waals surface area contributed by atoms with Crippen molar-refractivity contribution in [3.63, 3.8) is 0 Å². The lowest BCUT2D eigenvalue weighted by atomic mass is 10.2. The molecule has 9 nitrogen and oxygen atoms in total. The Hall–Kier alpha value is -3.04. The topological polar surface area (TPSA) is 98.9 Å². The highest BCUT2D eigenvalue weighted by atomic mass is 16.3. The molecule has 1 aromatic carbocycles. The molecule has 1 saturated heterocycles. The Labute approximate surface area is 169 Å². The van der Waals surface area contributed by atoms with Crippen LogP contribution >= 0.6 is 0 Å². The van der Waals surface area contributed by atoms with Crippen molar-refractivity contribution in [2.75, 3.05) is 50.8 Å². The minimum absolute atomic E-state index is 0.103. The van der Waals surface area contributed by atoms with Gasteiger partial charge in [0.25, 0.3) is 5.91 Å². The van der Waals surface area contributed by atoms with Crippen LogP contribution in [0.15, 0.2) is 42.5 Å². The Balaban J connectivity index is 1.39. The van der Waals surface area contributed by atoms with Crippen LogP contribution < -0.4 is 10.2 Å². The van der Waals surface area contributed by atoms with Gasteiger partial charge in [-0.15, -0.1) is 15.3 Å². The standard InChI is InChI=1S/C20H25N7O2/c28-15-14-25-10-12-26(13-11-25)19-7-6-17-22-23-18(27(17)24-19)8-9-21-20(29)16-4-2-1-3-5-16/h1-7,28H,8-15H2,(H,21,29). The molecule has 1 amide bonds. The quantitative estimate of drug-likeness (QED) is 0.590. The predicted octanol–water partition coefficient (Wildman–Crippen LogP) is 0.211. The molecular weight excluding hydrogens is 370 g/mol. The first kappa shape index (κ1) is 19.3. The molecule has 3 aromatic rings. The van der Waals surface area contributed by atoms with Gasteiger partial charge in [-0.3, -0.25) is 9.69 Å². The summed E-state index contributed by atoms with van der Waals surface area (Å²) < 4.78 is 1.75. The first-order chi connectivity index (χ1) is 14.2. The lowest BCUT2D eigenvalue weighted by molar-refractivity contribution is 0.0954. The van der Waals surface area contributed by atoms with E-state index in [-0.39, 0.29) is 12.5 Å². The molecule has 0 unspecified atom stereocenters. The maximum absolute atomic E-state index is 12.2. The minimum Gasteiger partial charge on any atom is -0.395 e. The van der Waals surface area contributed by atoms with Gasteiger partial charge in [-0.25, -0.2) is 0 Å². The van der Waals surface area contributed by atoms with E-state index in [1.165, 1.54) is 0 Å². The molecule has 9 heteroatoms. The summed E-state index contributed by atoms with van der Waals surface area (Å²) in [7, 11) is 0. The summed E-state index contributed by atoms with van der Waals surface area (Å²) in [5.74, 6) is 1.50. The Morgan fingerprint density at radius 3 is 2.59 bits per heavy atom. The molecule has 29 heavy (non-hydrogen) atoms. The molecule has 0 aliphatic carbocycles. The number of rotatable bonds is 7. The molecule has 2 aromatic heterocycles. The van der Waals surface area contributed by atoms with E-state index in [1.54, 1.807) is 16.6 Å². The highest BCUT2D eigenvalue weighted by Gasteiger charge is 2.18. The summed E-state index contributed by atoms with van der Waals surface area (Å²) in [6.45, 7) is 4.90. The number of hydrogen-bond donors (Lipinski definition) is 2. The summed E-state index contributed by atoms with van der Waals surface area (Å²) in [5.41, 5.74) is 1.33. The maximum Gasteiger partial charge on any atom is 0.251 e. The summed E-state index contributed by atoms with van der Waals surface area (Å²) in [6.07, 6.45) is 0.542. The van der Waals surface area contributed by atoms with Gasteiger partial charge in [0.05, 0.1) is 6.61 Å².